The van der Waals surface area contributed by atoms with Gasteiger partial charge in [-0.3, -0.25) is 34.9 Å². The summed E-state index contributed by atoms with van der Waals surface area (Å²) in [6, 6.07) is 11.3. The van der Waals surface area contributed by atoms with Crippen molar-refractivity contribution in [3.8, 4) is 0 Å². The number of aliphatic hydroxyl groups is 2. The van der Waals surface area contributed by atoms with Crippen LogP contribution in [0.4, 0.5) is 0 Å². The van der Waals surface area contributed by atoms with Crippen LogP contribution in [0.5, 0.6) is 0 Å². The van der Waals surface area contributed by atoms with Gasteiger partial charge in [0, 0.05) is 69.5 Å². The molecule has 0 amide bonds. The predicted molar refractivity (Wildman–Crippen MR) is 541 cm³/mol. The molecule has 680 valence electrons. The molecule has 37 heteroatoms. The Hall–Kier alpha value is 5.47. The molecular formula is C75H161B3BiBr6Cl5I3N4O12PSiTi-2. The minimum absolute atomic E-state index is 0. The number of Topliss-reactive ketones (excluding diaryl/α,β-unsaturated/α-hetero) is 3. The third-order valence-corrected chi connectivity index (χ3v) is 20.1. The number of carbonyl (C=O) groups excluding carboxylic acids is 4. The summed E-state index contributed by atoms with van der Waals surface area (Å²) in [5.74, 6) is 0.437. The van der Waals surface area contributed by atoms with E-state index in [4.69, 9.17) is 69.5 Å². The molecule has 1 aromatic rings. The molecule has 112 heavy (non-hydrogen) atoms. The van der Waals surface area contributed by atoms with Crippen LogP contribution in [0, 0.1) is 17.2 Å². The van der Waals surface area contributed by atoms with Gasteiger partial charge in [0.25, 0.3) is 0 Å². The number of halogens is 14. The van der Waals surface area contributed by atoms with Crippen molar-refractivity contribution in [2.24, 2.45) is 10.8 Å². The Morgan fingerprint density at radius 1 is 0.652 bits per heavy atom. The van der Waals surface area contributed by atoms with Gasteiger partial charge in [0.1, 0.15) is 35.7 Å². The Kier molecular flexibility index (Phi) is 146. The molecule has 0 aliphatic carbocycles. The number of quaternary nitrogens is 1. The van der Waals surface area contributed by atoms with Gasteiger partial charge < -0.3 is 70.4 Å². The zero-order valence-electron chi connectivity index (χ0n) is 71.4. The van der Waals surface area contributed by atoms with Crippen LogP contribution in [0.2, 0.25) is 25.7 Å². The molecule has 0 bridgehead atoms. The predicted octanol–water partition coefficient (Wildman–Crippen LogP) is 18.2. The molecule has 1 rings (SSSR count). The second-order valence-corrected chi connectivity index (χ2v) is 62.8. The van der Waals surface area contributed by atoms with Gasteiger partial charge in [-0.25, -0.2) is 33.6 Å². The van der Waals surface area contributed by atoms with E-state index in [9.17, 15) is 24.4 Å². The van der Waals surface area contributed by atoms with Crippen LogP contribution in [-0.4, -0.2) is 266 Å². The van der Waals surface area contributed by atoms with E-state index >= 15 is 0 Å². The van der Waals surface area contributed by atoms with Crippen molar-refractivity contribution < 1.29 is 118 Å². The summed E-state index contributed by atoms with van der Waals surface area (Å²) >= 11 is 23.8. The van der Waals surface area contributed by atoms with Crippen molar-refractivity contribution in [2.45, 2.75) is 260 Å². The molecule has 0 spiro atoms. The Bertz CT molecular complexity index is 2240. The zero-order chi connectivity index (χ0) is 85.8. The van der Waals surface area contributed by atoms with Crippen LogP contribution < -0.4 is 41.0 Å². The monoisotopic (exact) mass is 2690 g/mol. The van der Waals surface area contributed by atoms with Crippen molar-refractivity contribution in [3.63, 3.8) is 0 Å². The fraction of sp³-hybridized carbons (Fsp3) is 0.773. The first-order valence-corrected chi connectivity index (χ1v) is 53.9. The van der Waals surface area contributed by atoms with Gasteiger partial charge in [-0.1, -0.05) is 227 Å². The summed E-state index contributed by atoms with van der Waals surface area (Å²) < 4.78 is -0.293. The zero-order valence-corrected chi connectivity index (χ0v) is 98.8. The molecule has 5 N–H and O–H groups in total. The molecule has 8 radical (unpaired) electrons. The number of allylic oxidation sites excluding steroid dienone is 2. The standard InChI is InChI=1S/C14H28BrNO3.C13H26BrNO3.C9H11Cl.C8H17NO2.C6H15N.C6H14Si.C5H9BrO.C4H6Br2O.C3H6BIP.CH3I.2CH4O.4CH4.2B.Bi.BrH.4ClH.HI.Ti.H/c1-11(17)13(2,3)10-14(4,15)12(19-18)8-9-16(5,6)7;1-10(16)12(2,3)9-13(4,14)11(18-17)7-8-15(5)6;1-9(2,10)8-6-4-3-5-7-8;1-7(2)8(11-10)5-6-9(3)4;1-4-7(5-2)6-3;1-5-6-7(2,3)4;1-4(7)5(2,3)6;1-4(2,6)3(5)7;1-2-3-4(5)6;3*1-2;;;;;;;;;;;;;;;/h12H,8-10H2,1-7H3;11,17H,7-9H2,1-6H3;3-7H,1-2H3;8,10H,1,5-6H2,2-4H3;4-6H2,1-3H3;5H,1,6H2,2-4H3;1-3H3;1-2H3;2-3H,1,6H2;1H3;2*2H,1H3;4*1H4;;;;6*1H;;/q;;;;;;;;-1;;;;;;;;;;;;;;;;;+4;/p-5. The SMILES string of the molecule is C.C.C.C.C=C(C)C(CCN(C)C)OO.C=CC[Si](C)(C)C.C=C[CH-]B(P)I.CC(=O)C(C)(C)Br.CC(=O)C(C)(C)CC(C)(Br)C(CCN(C)C)OO.CC(=O)C(C)(C)CC(C)(Br)C(CC[N+](C)(C)C)OO.CC(C)(Br)C(=O)Br.CC(C)(Cl)c1ccccc1.CCN(CC)CC.CI.CO.CO.[B].[B].[BiH].[Br-].[Cl][Ti]([Cl])([Cl])[Cl].[I-]. The van der Waals surface area contributed by atoms with Gasteiger partial charge in [-0.05, 0) is 195 Å². The first-order chi connectivity index (χ1) is 46.1. The van der Waals surface area contributed by atoms with E-state index < -0.39 is 44.2 Å². The molecule has 0 saturated heterocycles. The molecule has 0 aliphatic rings. The minimum atomic E-state index is -3.11. The van der Waals surface area contributed by atoms with E-state index in [-0.39, 0.29) is 163 Å². The van der Waals surface area contributed by atoms with Crippen LogP contribution in [-0.2, 0) is 51.1 Å². The summed E-state index contributed by atoms with van der Waals surface area (Å²) in [6.45, 7) is 60.0. The Morgan fingerprint density at radius 2 is 0.929 bits per heavy atom. The number of hydrogen-bond acceptors (Lipinski definition) is 15. The third-order valence-electron chi connectivity index (χ3n) is 13.7. The second kappa shape index (κ2) is 95.6. The van der Waals surface area contributed by atoms with Crippen LogP contribution in [0.3, 0.4) is 0 Å². The molecule has 0 fully saturated rings. The Labute approximate surface area is 838 Å². The quantitative estimate of drug-likeness (QED) is 0.00448. The van der Waals surface area contributed by atoms with Gasteiger partial charge in [0.15, 0.2) is 4.29 Å². The van der Waals surface area contributed by atoms with Gasteiger partial charge in [-0.2, -0.15) is 31.5 Å². The molecule has 0 saturated carbocycles. The van der Waals surface area contributed by atoms with Gasteiger partial charge in [0.2, 0.25) is 4.69 Å². The fourth-order valence-electron chi connectivity index (χ4n) is 6.84. The molecule has 0 aromatic heterocycles. The van der Waals surface area contributed by atoms with Gasteiger partial charge in [-0.15, -0.1) is 18.2 Å². The van der Waals surface area contributed by atoms with Crippen LogP contribution in [0.25, 0.3) is 0 Å². The first kappa shape index (κ1) is 171. The number of nitrogens with zero attached hydrogens (tertiary/aromatic N) is 4. The number of alkyl halides is 6. The molecule has 0 heterocycles. The maximum absolute atomic E-state index is 11.6. The molecule has 16 nitrogen and oxygen atoms in total. The number of hydrogen-bond donors (Lipinski definition) is 5. The molecular weight excluding hydrogens is 2530 g/mol. The fourth-order valence-corrected chi connectivity index (χ4v) is 10.3. The van der Waals surface area contributed by atoms with E-state index in [1.54, 1.807) is 40.7 Å². The third kappa shape index (κ3) is 133. The van der Waals surface area contributed by atoms with E-state index in [0.717, 1.165) is 62.3 Å². The van der Waals surface area contributed by atoms with Crippen molar-refractivity contribution in [2.75, 3.05) is 108 Å². The summed E-state index contributed by atoms with van der Waals surface area (Å²) in [7, 11) is 38.1. The van der Waals surface area contributed by atoms with E-state index in [1.165, 1.54) is 25.7 Å². The van der Waals surface area contributed by atoms with Crippen molar-refractivity contribution in [3.05, 3.63) is 79.7 Å². The first-order valence-electron chi connectivity index (χ1n) is 33.2. The summed E-state index contributed by atoms with van der Waals surface area (Å²) in [4.78, 5) is 65.7. The normalized spacial score (nSPS) is 12.1. The minimum Gasteiger partial charge on any atom is -1.00 e. The molecule has 0 aliphatic heterocycles. The van der Waals surface area contributed by atoms with Crippen molar-refractivity contribution in [1.29, 1.82) is 0 Å². The van der Waals surface area contributed by atoms with Gasteiger partial charge in [0.05, 0.1) is 49.9 Å². The summed E-state index contributed by atoms with van der Waals surface area (Å²) in [5, 5.41) is 40.7. The van der Waals surface area contributed by atoms with E-state index in [2.05, 4.69) is 235 Å². The topological polar surface area (TPSA) is 207 Å². The number of carbonyl (C=O) groups is 4. The average Bonchev–Trinajstić information content (AvgIpc) is 0.834. The van der Waals surface area contributed by atoms with Crippen LogP contribution >= 0.6 is 183 Å². The van der Waals surface area contributed by atoms with Crippen LogP contribution in [0.1, 0.15) is 199 Å². The van der Waals surface area contributed by atoms with Crippen molar-refractivity contribution >= 4 is 260 Å². The largest absolute Gasteiger partial charge is 1.00 e. The van der Waals surface area contributed by atoms with Gasteiger partial charge >= 0.3 is 75.8 Å². The molecule has 6 atom stereocenters. The number of rotatable bonds is 31. The molecule has 1 aromatic carbocycles. The van der Waals surface area contributed by atoms with Crippen molar-refractivity contribution in [1.82, 2.24) is 14.7 Å². The maximum atomic E-state index is 11.6. The summed E-state index contributed by atoms with van der Waals surface area (Å²) in [6.07, 6.45) is 8.31. The second-order valence-electron chi connectivity index (χ2n) is 29.0. The van der Waals surface area contributed by atoms with Crippen LogP contribution in [0.15, 0.2) is 67.8 Å². The summed E-state index contributed by atoms with van der Waals surface area (Å²) in [5.41, 5.74) is 1.14. The average molecular weight is 2700 g/mol. The maximum Gasteiger partial charge on any atom is -1.00 e. The Morgan fingerprint density at radius 3 is 1.06 bits per heavy atom. The number of benzene rings is 1. The number of ketones is 3. The molecule has 6 unspecified atom stereocenters. The number of aliphatic hydroxyl groups excluding tert-OH is 2. The Balaban J connectivity index is -0.0000000437. The van der Waals surface area contributed by atoms with E-state index in [0.29, 0.717) is 23.6 Å². The van der Waals surface area contributed by atoms with E-state index in [1.807, 2.05) is 162 Å². The smallest absolute Gasteiger partial charge is 1.00 e.